The molecule has 0 saturated carbocycles. The molecule has 5 heteroatoms. The molecule has 2 heterocycles. The number of carbonyl (C=O) groups is 1. The van der Waals surface area contributed by atoms with Crippen LogP contribution < -0.4 is 0 Å². The minimum atomic E-state index is -0.312. The topological polar surface area (TPSA) is 61.9 Å². The van der Waals surface area contributed by atoms with Crippen LogP contribution in [0.2, 0.25) is 0 Å². The Morgan fingerprint density at radius 1 is 1.47 bits per heavy atom. The van der Waals surface area contributed by atoms with Gasteiger partial charge >= 0.3 is 0 Å². The molecule has 1 aromatic carbocycles. The van der Waals surface area contributed by atoms with Gasteiger partial charge in [-0.3, -0.25) is 9.48 Å². The van der Waals surface area contributed by atoms with Gasteiger partial charge in [0, 0.05) is 19.0 Å². The zero-order valence-electron chi connectivity index (χ0n) is 10.7. The van der Waals surface area contributed by atoms with Crippen LogP contribution in [0.15, 0.2) is 24.3 Å². The van der Waals surface area contributed by atoms with Crippen molar-refractivity contribution in [2.24, 2.45) is 7.05 Å². The molecule has 0 radical (unpaired) electrons. The van der Waals surface area contributed by atoms with Crippen molar-refractivity contribution in [2.75, 3.05) is 6.54 Å². The molecule has 1 amide bonds. The van der Waals surface area contributed by atoms with Gasteiger partial charge in [-0.2, -0.15) is 10.4 Å². The van der Waals surface area contributed by atoms with E-state index in [0.29, 0.717) is 12.2 Å². The summed E-state index contributed by atoms with van der Waals surface area (Å²) >= 11 is 0. The first-order chi connectivity index (χ1) is 9.22. The molecule has 0 N–H and O–H groups in total. The third kappa shape index (κ3) is 1.76. The lowest BCUT2D eigenvalue weighted by atomic mass is 10.2. The van der Waals surface area contributed by atoms with E-state index in [9.17, 15) is 4.79 Å². The fourth-order valence-corrected chi connectivity index (χ4v) is 2.65. The summed E-state index contributed by atoms with van der Waals surface area (Å²) in [6, 6.07) is 9.53. The van der Waals surface area contributed by atoms with Gasteiger partial charge in [-0.25, -0.2) is 0 Å². The van der Waals surface area contributed by atoms with Gasteiger partial charge in [0.05, 0.1) is 11.6 Å². The van der Waals surface area contributed by atoms with Crippen LogP contribution in [0.1, 0.15) is 23.3 Å². The fourth-order valence-electron chi connectivity index (χ4n) is 2.65. The first kappa shape index (κ1) is 11.7. The average Bonchev–Trinajstić information content (AvgIpc) is 3.03. The maximum absolute atomic E-state index is 12.5. The predicted octanol–water partition coefficient (Wildman–Crippen LogP) is 1.70. The van der Waals surface area contributed by atoms with Crippen LogP contribution in [0, 0.1) is 11.3 Å². The van der Waals surface area contributed by atoms with Gasteiger partial charge in [0.2, 0.25) is 0 Å². The lowest BCUT2D eigenvalue weighted by molar-refractivity contribution is 0.0760. The lowest BCUT2D eigenvalue weighted by Crippen LogP contribution is -2.35. The van der Waals surface area contributed by atoms with E-state index in [1.807, 2.05) is 31.3 Å². The molecule has 5 nitrogen and oxygen atoms in total. The molecule has 1 aliphatic heterocycles. The minimum absolute atomic E-state index is 0.138. The van der Waals surface area contributed by atoms with E-state index in [2.05, 4.69) is 11.2 Å². The van der Waals surface area contributed by atoms with E-state index in [4.69, 9.17) is 5.26 Å². The lowest BCUT2D eigenvalue weighted by Gasteiger charge is -2.18. The molecular weight excluding hydrogens is 240 g/mol. The molecule has 1 atom stereocenters. The number of rotatable bonds is 1. The van der Waals surface area contributed by atoms with Crippen LogP contribution in [0.25, 0.3) is 10.9 Å². The summed E-state index contributed by atoms with van der Waals surface area (Å²) in [6.07, 6.45) is 1.64. The highest BCUT2D eigenvalue weighted by molar-refractivity contribution is 6.05. The molecule has 0 aliphatic carbocycles. The Morgan fingerprint density at radius 3 is 3.05 bits per heavy atom. The Balaban J connectivity index is 2.05. The zero-order valence-corrected chi connectivity index (χ0v) is 10.7. The van der Waals surface area contributed by atoms with E-state index in [1.54, 1.807) is 9.58 Å². The van der Waals surface area contributed by atoms with E-state index < -0.39 is 0 Å². The van der Waals surface area contributed by atoms with Crippen LogP contribution in [0.3, 0.4) is 0 Å². The third-order valence-corrected chi connectivity index (χ3v) is 3.62. The van der Waals surface area contributed by atoms with E-state index in [0.717, 1.165) is 23.7 Å². The van der Waals surface area contributed by atoms with Crippen molar-refractivity contribution in [2.45, 2.75) is 18.9 Å². The Kier molecular flexibility index (Phi) is 2.71. The summed E-state index contributed by atoms with van der Waals surface area (Å²) in [4.78, 5) is 14.2. The summed E-state index contributed by atoms with van der Waals surface area (Å²) in [5, 5.41) is 14.2. The number of carbonyl (C=O) groups excluding carboxylic acids is 1. The van der Waals surface area contributed by atoms with Gasteiger partial charge in [0.1, 0.15) is 6.04 Å². The SMILES string of the molecule is Cn1nc(C(=O)N2CCCC2C#N)c2ccccc21. The average molecular weight is 254 g/mol. The normalized spacial score (nSPS) is 18.7. The van der Waals surface area contributed by atoms with E-state index in [1.165, 1.54) is 0 Å². The number of nitriles is 1. The summed E-state index contributed by atoms with van der Waals surface area (Å²) in [7, 11) is 1.82. The standard InChI is InChI=1S/C14H14N4O/c1-17-12-7-3-2-6-11(12)13(16-17)14(19)18-8-4-5-10(18)9-15/h2-3,6-7,10H,4-5,8H2,1H3. The Bertz CT molecular complexity index is 682. The summed E-state index contributed by atoms with van der Waals surface area (Å²) < 4.78 is 1.71. The molecule has 1 fully saturated rings. The maximum atomic E-state index is 12.5. The summed E-state index contributed by atoms with van der Waals surface area (Å²) in [5.74, 6) is -0.138. The maximum Gasteiger partial charge on any atom is 0.276 e. The van der Waals surface area contributed by atoms with Crippen LogP contribution in [-0.2, 0) is 7.05 Å². The van der Waals surface area contributed by atoms with Crippen molar-refractivity contribution in [3.8, 4) is 6.07 Å². The third-order valence-electron chi connectivity index (χ3n) is 3.62. The predicted molar refractivity (Wildman–Crippen MR) is 70.4 cm³/mol. The van der Waals surface area contributed by atoms with Gasteiger partial charge in [0.25, 0.3) is 5.91 Å². The molecule has 1 unspecified atom stereocenters. The Labute approximate surface area is 111 Å². The van der Waals surface area contributed by atoms with Crippen molar-refractivity contribution >= 4 is 16.8 Å². The van der Waals surface area contributed by atoms with E-state index in [-0.39, 0.29) is 11.9 Å². The molecule has 1 saturated heterocycles. The number of fused-ring (bicyclic) bond motifs is 1. The Morgan fingerprint density at radius 2 is 2.26 bits per heavy atom. The van der Waals surface area contributed by atoms with Crippen molar-refractivity contribution in [3.05, 3.63) is 30.0 Å². The van der Waals surface area contributed by atoms with Gasteiger partial charge in [-0.15, -0.1) is 0 Å². The highest BCUT2D eigenvalue weighted by Gasteiger charge is 2.31. The van der Waals surface area contributed by atoms with Crippen LogP contribution >= 0.6 is 0 Å². The molecular formula is C14H14N4O. The highest BCUT2D eigenvalue weighted by atomic mass is 16.2. The number of aromatic nitrogens is 2. The second-order valence-electron chi connectivity index (χ2n) is 4.78. The van der Waals surface area contributed by atoms with Crippen molar-refractivity contribution in [1.29, 1.82) is 5.26 Å². The number of para-hydroxylation sites is 1. The van der Waals surface area contributed by atoms with Gasteiger partial charge in [0.15, 0.2) is 5.69 Å². The van der Waals surface area contributed by atoms with Crippen molar-refractivity contribution in [3.63, 3.8) is 0 Å². The number of likely N-dealkylation sites (tertiary alicyclic amines) is 1. The number of benzene rings is 1. The number of hydrogen-bond donors (Lipinski definition) is 0. The van der Waals surface area contributed by atoms with Crippen molar-refractivity contribution < 1.29 is 4.79 Å². The second kappa shape index (κ2) is 4.39. The number of nitrogens with zero attached hydrogens (tertiary/aromatic N) is 4. The summed E-state index contributed by atoms with van der Waals surface area (Å²) in [5.41, 5.74) is 1.37. The first-order valence-corrected chi connectivity index (χ1v) is 6.34. The fraction of sp³-hybridized carbons (Fsp3) is 0.357. The molecule has 19 heavy (non-hydrogen) atoms. The molecule has 0 spiro atoms. The van der Waals surface area contributed by atoms with Crippen LogP contribution in [-0.4, -0.2) is 33.2 Å². The highest BCUT2D eigenvalue weighted by Crippen LogP contribution is 2.23. The monoisotopic (exact) mass is 254 g/mol. The zero-order chi connectivity index (χ0) is 13.4. The largest absolute Gasteiger partial charge is 0.321 e. The first-order valence-electron chi connectivity index (χ1n) is 6.34. The molecule has 3 rings (SSSR count). The Hall–Kier alpha value is -2.35. The molecule has 96 valence electrons. The smallest absolute Gasteiger partial charge is 0.276 e. The summed E-state index contributed by atoms with van der Waals surface area (Å²) in [6.45, 7) is 0.641. The van der Waals surface area contributed by atoms with Crippen LogP contribution in [0.5, 0.6) is 0 Å². The molecule has 2 aromatic rings. The second-order valence-corrected chi connectivity index (χ2v) is 4.78. The van der Waals surface area contributed by atoms with Gasteiger partial charge in [-0.1, -0.05) is 18.2 Å². The number of amides is 1. The van der Waals surface area contributed by atoms with Gasteiger partial charge < -0.3 is 4.90 Å². The van der Waals surface area contributed by atoms with Crippen LogP contribution in [0.4, 0.5) is 0 Å². The molecule has 0 bridgehead atoms. The quantitative estimate of drug-likeness (QED) is 0.778. The minimum Gasteiger partial charge on any atom is -0.321 e. The number of hydrogen-bond acceptors (Lipinski definition) is 3. The van der Waals surface area contributed by atoms with Crippen molar-refractivity contribution in [1.82, 2.24) is 14.7 Å². The number of aryl methyl sites for hydroxylation is 1. The van der Waals surface area contributed by atoms with E-state index >= 15 is 0 Å². The molecule has 1 aromatic heterocycles. The molecule has 1 aliphatic rings. The van der Waals surface area contributed by atoms with Gasteiger partial charge in [-0.05, 0) is 18.9 Å².